The summed E-state index contributed by atoms with van der Waals surface area (Å²) in [5, 5.41) is 10.5. The number of benzene rings is 2. The molecule has 76 heavy (non-hydrogen) atoms. The second-order valence-corrected chi connectivity index (χ2v) is 16.9. The maximum atomic E-state index is 14.9. The topological polar surface area (TPSA) is 300 Å². The molecule has 0 aliphatic rings. The first-order chi connectivity index (χ1) is 36.3. The summed E-state index contributed by atoms with van der Waals surface area (Å²) in [6, 6.07) is 17.4. The van der Waals surface area contributed by atoms with Crippen LogP contribution in [0.4, 0.5) is 13.2 Å². The van der Waals surface area contributed by atoms with Crippen LogP contribution in [0.2, 0.25) is 0 Å². The quantitative estimate of drug-likeness (QED) is 0.0206. The molecule has 0 aliphatic carbocycles. The fourth-order valence-corrected chi connectivity index (χ4v) is 7.62. The summed E-state index contributed by atoms with van der Waals surface area (Å²) in [6.45, 7) is 1.15. The van der Waals surface area contributed by atoms with Crippen LogP contribution in [0.3, 0.4) is 0 Å². The lowest BCUT2D eigenvalue weighted by atomic mass is 9.96. The van der Waals surface area contributed by atoms with Gasteiger partial charge in [-0.1, -0.05) is 60.7 Å². The molecule has 6 amide bonds. The van der Waals surface area contributed by atoms with Gasteiger partial charge in [-0.05, 0) is 67.3 Å². The number of carbonyl (C=O) groups is 8. The van der Waals surface area contributed by atoms with Crippen molar-refractivity contribution in [2.45, 2.75) is 82.2 Å². The highest BCUT2D eigenvalue weighted by molar-refractivity contribution is 5.98. The molecule has 5 aromatic rings. The van der Waals surface area contributed by atoms with Gasteiger partial charge < -0.3 is 52.2 Å². The Morgan fingerprint density at radius 2 is 1.25 bits per heavy atom. The van der Waals surface area contributed by atoms with E-state index in [1.54, 1.807) is 73.9 Å². The van der Waals surface area contributed by atoms with Crippen LogP contribution in [0.15, 0.2) is 122 Å². The Balaban J connectivity index is 1.25. The number of amides is 6. The second-order valence-electron chi connectivity index (χ2n) is 16.9. The number of H-pyrrole nitrogens is 2. The summed E-state index contributed by atoms with van der Waals surface area (Å²) in [4.78, 5) is 112. The summed E-state index contributed by atoms with van der Waals surface area (Å²) in [7, 11) is 0. The Kier molecular flexibility index (Phi) is 21.4. The minimum Gasteiger partial charge on any atom is -0.463 e. The molecule has 3 aromatic heterocycles. The average Bonchev–Trinajstić information content (AvgIpc) is 4.11. The van der Waals surface area contributed by atoms with Crippen LogP contribution in [0.5, 0.6) is 0 Å². The van der Waals surface area contributed by atoms with Crippen LogP contribution in [0.1, 0.15) is 76.7 Å². The monoisotopic (exact) mass is 1050 g/mol. The summed E-state index contributed by atoms with van der Waals surface area (Å²) >= 11 is 0. The molecule has 0 aliphatic heterocycles. The normalized spacial score (nSPS) is 12.9. The first kappa shape index (κ1) is 57.6. The summed E-state index contributed by atoms with van der Waals surface area (Å²) in [5.41, 5.74) is 10.9. The number of halogens is 3. The van der Waals surface area contributed by atoms with Gasteiger partial charge in [0.1, 0.15) is 23.5 Å². The zero-order valence-corrected chi connectivity index (χ0v) is 41.1. The lowest BCUT2D eigenvalue weighted by Crippen LogP contribution is -2.50. The van der Waals surface area contributed by atoms with Crippen LogP contribution in [0.25, 0.3) is 22.5 Å². The van der Waals surface area contributed by atoms with Crippen LogP contribution < -0.4 is 32.7 Å². The van der Waals surface area contributed by atoms with Gasteiger partial charge in [0.2, 0.25) is 23.6 Å². The van der Waals surface area contributed by atoms with Crippen LogP contribution in [-0.4, -0.2) is 99.7 Å². The number of carbonyl (C=O) groups excluding carboxylic acids is 8. The van der Waals surface area contributed by atoms with Crippen LogP contribution in [-0.2, 0) is 57.3 Å². The number of nitrogens with two attached hydrogens (primary N) is 2. The van der Waals surface area contributed by atoms with Crippen molar-refractivity contribution in [2.75, 3.05) is 13.2 Å². The standard InChI is InChI=1S/C54H56F3N9O10/c1-3-9-41(50(71)61-36(14-22-45(58)67)16-24-47(69)75-4-2)65-51(72)43-21-19-40(64-43)38-13-8-12-35(49(38)54(55,56)57)28-31-76-48(70)25-17-37(15-23-46(59)68)62-53(74)44(32-33-10-6-5-7-11-33)66-52(73)42-20-18-39(63-42)34-26-29-60-30-27-34/h1,5-8,10-13,16-21,24-27,29-30,36-37,41,44,63-64H,4,9,14-15,22-23,28,31-32H2,2H3,(H2,58,67)(H2,59,68)(H,61,71)(H,62,74)(H,65,72)(H,66,73)/b24-16+,25-17+/t36-,37-,41-,44-/m0/s1. The number of primary amides is 2. The van der Waals surface area contributed by atoms with Gasteiger partial charge in [-0.2, -0.15) is 13.2 Å². The van der Waals surface area contributed by atoms with Gasteiger partial charge in [-0.25, -0.2) is 9.59 Å². The Morgan fingerprint density at radius 3 is 1.82 bits per heavy atom. The third kappa shape index (κ3) is 18.0. The molecule has 4 atom stereocenters. The van der Waals surface area contributed by atoms with Crippen molar-refractivity contribution in [3.05, 3.63) is 150 Å². The molecule has 398 valence electrons. The predicted molar refractivity (Wildman–Crippen MR) is 272 cm³/mol. The largest absolute Gasteiger partial charge is 0.463 e. The van der Waals surface area contributed by atoms with Gasteiger partial charge in [0.25, 0.3) is 11.8 Å². The second kappa shape index (κ2) is 28.3. The van der Waals surface area contributed by atoms with Gasteiger partial charge in [0.05, 0.1) is 18.8 Å². The molecule has 0 fully saturated rings. The van der Waals surface area contributed by atoms with E-state index in [4.69, 9.17) is 27.4 Å². The molecule has 3 heterocycles. The van der Waals surface area contributed by atoms with Gasteiger partial charge in [-0.15, -0.1) is 12.3 Å². The number of rotatable bonds is 27. The van der Waals surface area contributed by atoms with E-state index >= 15 is 0 Å². The van der Waals surface area contributed by atoms with E-state index in [0.717, 1.165) is 17.7 Å². The third-order valence-corrected chi connectivity index (χ3v) is 11.3. The highest BCUT2D eigenvalue weighted by Gasteiger charge is 2.37. The molecule has 0 spiro atoms. The van der Waals surface area contributed by atoms with Crippen molar-refractivity contribution < 1.29 is 61.0 Å². The van der Waals surface area contributed by atoms with Crippen molar-refractivity contribution >= 4 is 47.4 Å². The van der Waals surface area contributed by atoms with Crippen LogP contribution in [0, 0.1) is 12.3 Å². The molecule has 0 bridgehead atoms. The number of aromatic nitrogens is 3. The minimum atomic E-state index is -4.94. The van der Waals surface area contributed by atoms with E-state index in [-0.39, 0.29) is 73.3 Å². The van der Waals surface area contributed by atoms with Gasteiger partial charge in [-0.3, -0.25) is 33.8 Å². The van der Waals surface area contributed by atoms with E-state index in [1.807, 2.05) is 0 Å². The maximum absolute atomic E-state index is 14.9. The number of ether oxygens (including phenoxy) is 2. The summed E-state index contributed by atoms with van der Waals surface area (Å²) in [6.07, 6.45) is 7.13. The number of hydrogen-bond acceptors (Lipinski definition) is 11. The summed E-state index contributed by atoms with van der Waals surface area (Å²) < 4.78 is 54.7. The smallest absolute Gasteiger partial charge is 0.417 e. The van der Waals surface area contributed by atoms with Crippen molar-refractivity contribution in [3.63, 3.8) is 0 Å². The number of pyridine rings is 1. The van der Waals surface area contributed by atoms with E-state index in [2.05, 4.69) is 42.1 Å². The first-order valence-corrected chi connectivity index (χ1v) is 23.8. The number of terminal acetylenes is 1. The van der Waals surface area contributed by atoms with Gasteiger partial charge in [0.15, 0.2) is 0 Å². The number of nitrogens with zero attached hydrogens (tertiary/aromatic N) is 1. The number of nitrogens with one attached hydrogen (secondary N) is 6. The molecule has 5 rings (SSSR count). The molecule has 10 N–H and O–H groups in total. The molecule has 2 aromatic carbocycles. The third-order valence-electron chi connectivity index (χ3n) is 11.3. The molecule has 0 unspecified atom stereocenters. The van der Waals surface area contributed by atoms with Crippen molar-refractivity contribution in [1.82, 2.24) is 36.2 Å². The predicted octanol–water partition coefficient (Wildman–Crippen LogP) is 4.52. The Hall–Kier alpha value is -9.26. The highest BCUT2D eigenvalue weighted by Crippen LogP contribution is 2.39. The van der Waals surface area contributed by atoms with E-state index in [0.29, 0.717) is 11.3 Å². The molecule has 22 heteroatoms. The highest BCUT2D eigenvalue weighted by atomic mass is 19.4. The zero-order valence-electron chi connectivity index (χ0n) is 41.1. The van der Waals surface area contributed by atoms with E-state index in [9.17, 15) is 51.5 Å². The zero-order chi connectivity index (χ0) is 55.2. The average molecular weight is 1050 g/mol. The van der Waals surface area contributed by atoms with Gasteiger partial charge in [0, 0.05) is 91.2 Å². The molecular formula is C54H56F3N9O10. The Labute approximate surface area is 434 Å². The molecule has 19 nitrogen and oxygen atoms in total. The number of alkyl halides is 3. The lowest BCUT2D eigenvalue weighted by Gasteiger charge is -2.22. The van der Waals surface area contributed by atoms with Crippen molar-refractivity contribution in [3.8, 4) is 34.9 Å². The van der Waals surface area contributed by atoms with E-state index < -0.39 is 96.3 Å². The number of hydrogen-bond donors (Lipinski definition) is 8. The van der Waals surface area contributed by atoms with Crippen molar-refractivity contribution in [2.24, 2.45) is 11.5 Å². The fraction of sp³-hybridized carbons (Fsp3) is 0.278. The lowest BCUT2D eigenvalue weighted by molar-refractivity contribution is -0.139. The van der Waals surface area contributed by atoms with E-state index in [1.165, 1.54) is 42.5 Å². The Bertz CT molecular complexity index is 2950. The minimum absolute atomic E-state index is 0.0119. The number of aromatic amines is 2. The van der Waals surface area contributed by atoms with Crippen molar-refractivity contribution in [1.29, 1.82) is 0 Å². The summed E-state index contributed by atoms with van der Waals surface area (Å²) in [5.74, 6) is -3.76. The fourth-order valence-electron chi connectivity index (χ4n) is 7.62. The SMILES string of the molecule is C#CC[C@H](NC(=O)c1ccc(-c2cccc(CCOC(=O)/C=C/[C@H](CCC(N)=O)NC(=O)[C@H](Cc3ccccc3)NC(=O)c3ccc(-c4ccncc4)[nH]3)c2C(F)(F)F)[nH]1)C(=O)N[C@H](/C=C/C(=O)OCC)CCC(N)=O. The Morgan fingerprint density at radius 1 is 0.697 bits per heavy atom. The van der Waals surface area contributed by atoms with Crippen LogP contribution >= 0.6 is 0 Å². The van der Waals surface area contributed by atoms with Gasteiger partial charge >= 0.3 is 18.1 Å². The molecular weight excluding hydrogens is 992 g/mol. The molecule has 0 saturated heterocycles. The maximum Gasteiger partial charge on any atom is 0.417 e. The molecule has 0 saturated carbocycles. The first-order valence-electron chi connectivity index (χ1n) is 23.8. The number of esters is 2. The molecule has 0 radical (unpaired) electrons.